The number of hydrogen-bond acceptors (Lipinski definition) is 4. The first-order valence-electron chi connectivity index (χ1n) is 5.77. The molecule has 0 bridgehead atoms. The Balaban J connectivity index is 2.76. The zero-order chi connectivity index (χ0) is 13.4. The summed E-state index contributed by atoms with van der Waals surface area (Å²) in [6, 6.07) is 8.81. The van der Waals surface area contributed by atoms with Gasteiger partial charge in [-0.15, -0.1) is 0 Å². The molecule has 0 radical (unpaired) electrons. The molecule has 5 nitrogen and oxygen atoms in total. The first-order chi connectivity index (χ1) is 8.58. The first-order valence-corrected chi connectivity index (χ1v) is 5.77. The van der Waals surface area contributed by atoms with E-state index >= 15 is 0 Å². The van der Waals surface area contributed by atoms with Gasteiger partial charge in [0.15, 0.2) is 0 Å². The highest BCUT2D eigenvalue weighted by atomic mass is 16.5. The van der Waals surface area contributed by atoms with E-state index in [1.807, 2.05) is 6.07 Å². The summed E-state index contributed by atoms with van der Waals surface area (Å²) < 4.78 is 5.14. The Bertz CT molecular complexity index is 365. The zero-order valence-corrected chi connectivity index (χ0v) is 10.1. The van der Waals surface area contributed by atoms with E-state index in [0.29, 0.717) is 5.56 Å². The Morgan fingerprint density at radius 3 is 2.50 bits per heavy atom. The predicted molar refractivity (Wildman–Crippen MR) is 65.1 cm³/mol. The van der Waals surface area contributed by atoms with Crippen molar-refractivity contribution in [1.82, 2.24) is 0 Å². The van der Waals surface area contributed by atoms with E-state index in [2.05, 4.69) is 0 Å². The molecular formula is C13H18O5. The molecule has 0 spiro atoms. The van der Waals surface area contributed by atoms with E-state index in [0.717, 1.165) is 0 Å². The van der Waals surface area contributed by atoms with E-state index in [1.165, 1.54) is 0 Å². The normalized spacial score (nSPS) is 14.1. The largest absolute Gasteiger partial charge is 0.481 e. The van der Waals surface area contributed by atoms with Crippen LogP contribution in [0.1, 0.15) is 18.4 Å². The smallest absolute Gasteiger partial charge is 0.303 e. The second kappa shape index (κ2) is 7.10. The lowest BCUT2D eigenvalue weighted by molar-refractivity contribution is -0.139. The molecule has 0 heterocycles. The standard InChI is InChI=1S/C13H18O5/c14-8-9-18-10-13(17,7-6-12(15)16)11-4-2-1-3-5-11/h1-5,14,17H,6-10H2,(H,15,16). The van der Waals surface area contributed by atoms with E-state index in [4.69, 9.17) is 14.9 Å². The summed E-state index contributed by atoms with van der Waals surface area (Å²) in [4.78, 5) is 10.6. The highest BCUT2D eigenvalue weighted by Gasteiger charge is 2.30. The van der Waals surface area contributed by atoms with Crippen molar-refractivity contribution < 1.29 is 24.9 Å². The lowest BCUT2D eigenvalue weighted by Crippen LogP contribution is -2.33. The van der Waals surface area contributed by atoms with Gasteiger partial charge in [-0.05, 0) is 12.0 Å². The van der Waals surface area contributed by atoms with Crippen molar-refractivity contribution in [1.29, 1.82) is 0 Å². The van der Waals surface area contributed by atoms with Gasteiger partial charge in [0.2, 0.25) is 0 Å². The molecule has 5 heteroatoms. The monoisotopic (exact) mass is 254 g/mol. The summed E-state index contributed by atoms with van der Waals surface area (Å²) >= 11 is 0. The number of carboxylic acids is 1. The van der Waals surface area contributed by atoms with Gasteiger partial charge in [0, 0.05) is 6.42 Å². The topological polar surface area (TPSA) is 87.0 Å². The summed E-state index contributed by atoms with van der Waals surface area (Å²) in [6.45, 7) is -0.0587. The van der Waals surface area contributed by atoms with Gasteiger partial charge in [0.25, 0.3) is 0 Å². The number of hydrogen-bond donors (Lipinski definition) is 3. The van der Waals surface area contributed by atoms with Crippen LogP contribution in [0.15, 0.2) is 30.3 Å². The van der Waals surface area contributed by atoms with Crippen molar-refractivity contribution in [2.45, 2.75) is 18.4 Å². The highest BCUT2D eigenvalue weighted by Crippen LogP contribution is 2.26. The molecule has 0 aliphatic rings. The van der Waals surface area contributed by atoms with Crippen LogP contribution in [0.2, 0.25) is 0 Å². The van der Waals surface area contributed by atoms with Gasteiger partial charge in [-0.3, -0.25) is 4.79 Å². The van der Waals surface area contributed by atoms with Crippen molar-refractivity contribution in [3.8, 4) is 0 Å². The molecule has 3 N–H and O–H groups in total. The number of ether oxygens (including phenoxy) is 1. The second-order valence-corrected chi connectivity index (χ2v) is 4.07. The van der Waals surface area contributed by atoms with Crippen LogP contribution < -0.4 is 0 Å². The Kier molecular flexibility index (Phi) is 5.77. The molecule has 1 rings (SSSR count). The molecule has 0 aliphatic heterocycles. The Labute approximate surface area is 106 Å². The van der Waals surface area contributed by atoms with Crippen LogP contribution in [0.3, 0.4) is 0 Å². The van der Waals surface area contributed by atoms with Crippen molar-refractivity contribution in [2.75, 3.05) is 19.8 Å². The van der Waals surface area contributed by atoms with Crippen LogP contribution in [0.4, 0.5) is 0 Å². The van der Waals surface area contributed by atoms with Gasteiger partial charge in [0.05, 0.1) is 19.8 Å². The minimum Gasteiger partial charge on any atom is -0.481 e. The predicted octanol–water partition coefficient (Wildman–Crippen LogP) is 0.748. The van der Waals surface area contributed by atoms with Gasteiger partial charge >= 0.3 is 5.97 Å². The van der Waals surface area contributed by atoms with Crippen LogP contribution in [0.25, 0.3) is 0 Å². The quantitative estimate of drug-likeness (QED) is 0.596. The average Bonchev–Trinajstić information content (AvgIpc) is 2.38. The maximum absolute atomic E-state index is 10.6. The Morgan fingerprint density at radius 2 is 1.94 bits per heavy atom. The third kappa shape index (κ3) is 4.44. The number of aliphatic carboxylic acids is 1. The molecule has 0 amide bonds. The Hall–Kier alpha value is -1.43. The molecule has 1 atom stereocenters. The van der Waals surface area contributed by atoms with Gasteiger partial charge in [-0.25, -0.2) is 0 Å². The fraction of sp³-hybridized carbons (Fsp3) is 0.462. The van der Waals surface area contributed by atoms with Gasteiger partial charge in [-0.1, -0.05) is 30.3 Å². The van der Waals surface area contributed by atoms with Crippen LogP contribution in [0.5, 0.6) is 0 Å². The number of carboxylic acid groups (broad SMARTS) is 1. The van der Waals surface area contributed by atoms with Crippen molar-refractivity contribution in [2.24, 2.45) is 0 Å². The van der Waals surface area contributed by atoms with Gasteiger partial charge < -0.3 is 20.1 Å². The number of benzene rings is 1. The molecule has 1 aromatic carbocycles. The van der Waals surface area contributed by atoms with Gasteiger partial charge in [0.1, 0.15) is 5.60 Å². The van der Waals surface area contributed by atoms with E-state index in [1.54, 1.807) is 24.3 Å². The molecule has 18 heavy (non-hydrogen) atoms. The van der Waals surface area contributed by atoms with E-state index in [9.17, 15) is 9.90 Å². The maximum Gasteiger partial charge on any atom is 0.303 e. The average molecular weight is 254 g/mol. The SMILES string of the molecule is O=C(O)CCC(O)(COCCO)c1ccccc1. The molecular weight excluding hydrogens is 236 g/mol. The molecule has 0 aliphatic carbocycles. The molecule has 0 saturated carbocycles. The van der Waals surface area contributed by atoms with Crippen LogP contribution in [-0.2, 0) is 15.1 Å². The van der Waals surface area contributed by atoms with Crippen molar-refractivity contribution in [3.63, 3.8) is 0 Å². The Morgan fingerprint density at radius 1 is 1.28 bits per heavy atom. The van der Waals surface area contributed by atoms with Crippen LogP contribution in [0, 0.1) is 0 Å². The van der Waals surface area contributed by atoms with Crippen molar-refractivity contribution in [3.05, 3.63) is 35.9 Å². The number of rotatable bonds is 8. The third-order valence-corrected chi connectivity index (χ3v) is 2.64. The minimum atomic E-state index is -1.34. The lowest BCUT2D eigenvalue weighted by atomic mass is 9.90. The number of aliphatic hydroxyl groups excluding tert-OH is 1. The molecule has 0 aromatic heterocycles. The summed E-state index contributed by atoms with van der Waals surface area (Å²) in [6.07, 6.45) is -0.0777. The summed E-state index contributed by atoms with van der Waals surface area (Å²) in [5.41, 5.74) is -0.723. The fourth-order valence-electron chi connectivity index (χ4n) is 1.67. The fourth-order valence-corrected chi connectivity index (χ4v) is 1.67. The molecule has 1 unspecified atom stereocenters. The molecule has 0 fully saturated rings. The molecule has 100 valence electrons. The van der Waals surface area contributed by atoms with E-state index in [-0.39, 0.29) is 32.7 Å². The zero-order valence-electron chi connectivity index (χ0n) is 10.1. The summed E-state index contributed by atoms with van der Waals surface area (Å²) in [5, 5.41) is 27.8. The number of carbonyl (C=O) groups is 1. The maximum atomic E-state index is 10.6. The number of aliphatic hydroxyl groups is 2. The molecule has 0 saturated heterocycles. The summed E-state index contributed by atoms with van der Waals surface area (Å²) in [5.74, 6) is -0.966. The van der Waals surface area contributed by atoms with Crippen LogP contribution >= 0.6 is 0 Å². The van der Waals surface area contributed by atoms with E-state index < -0.39 is 11.6 Å². The first kappa shape index (κ1) is 14.6. The minimum absolute atomic E-state index is 0.0369. The summed E-state index contributed by atoms with van der Waals surface area (Å²) in [7, 11) is 0. The highest BCUT2D eigenvalue weighted by molar-refractivity contribution is 5.66. The lowest BCUT2D eigenvalue weighted by Gasteiger charge is -2.28. The molecule has 1 aromatic rings. The van der Waals surface area contributed by atoms with Crippen LogP contribution in [-0.4, -0.2) is 41.1 Å². The second-order valence-electron chi connectivity index (χ2n) is 4.07. The van der Waals surface area contributed by atoms with Crippen molar-refractivity contribution >= 4 is 5.97 Å². The third-order valence-electron chi connectivity index (χ3n) is 2.64. The van der Waals surface area contributed by atoms with Gasteiger partial charge in [-0.2, -0.15) is 0 Å².